The Labute approximate surface area is 149 Å². The number of likely N-dealkylation sites (N-methyl/N-ethyl adjacent to an activating group) is 1. The second-order valence-corrected chi connectivity index (χ2v) is 7.64. The van der Waals surface area contributed by atoms with Gasteiger partial charge in [0, 0.05) is 37.6 Å². The number of nitrogens with one attached hydrogen (secondary N) is 1. The van der Waals surface area contributed by atoms with Gasteiger partial charge in [-0.1, -0.05) is 0 Å². The maximum atomic E-state index is 12.2. The molecule has 1 aliphatic rings. The van der Waals surface area contributed by atoms with Crippen LogP contribution < -0.4 is 10.1 Å². The molecule has 1 saturated heterocycles. The Bertz CT molecular complexity index is 501. The minimum absolute atomic E-state index is 0.0953. The zero-order valence-electron chi connectivity index (χ0n) is 15.0. The average molecular weight is 352 g/mol. The zero-order valence-corrected chi connectivity index (χ0v) is 15.8. The van der Waals surface area contributed by atoms with Gasteiger partial charge in [0.25, 0.3) is 0 Å². The van der Waals surface area contributed by atoms with E-state index >= 15 is 0 Å². The molecule has 1 N–H and O–H groups in total. The third-order valence-corrected chi connectivity index (χ3v) is 5.40. The lowest BCUT2D eigenvalue weighted by Crippen LogP contribution is -2.45. The van der Waals surface area contributed by atoms with Crippen LogP contribution in [0, 0.1) is 0 Å². The average Bonchev–Trinajstić information content (AvgIpc) is 2.60. The molecular weight excluding hydrogens is 322 g/mol. The summed E-state index contributed by atoms with van der Waals surface area (Å²) >= 11 is 1.57. The van der Waals surface area contributed by atoms with Gasteiger partial charge in [-0.05, 0) is 51.2 Å². The van der Waals surface area contributed by atoms with E-state index in [0.29, 0.717) is 0 Å². The van der Waals surface area contributed by atoms with Crippen molar-refractivity contribution in [3.63, 3.8) is 0 Å². The highest BCUT2D eigenvalue weighted by Crippen LogP contribution is 2.25. The molecule has 6 heteroatoms. The molecular formula is C18H29N3O2S. The Hall–Kier alpha value is -1.24. The van der Waals surface area contributed by atoms with Crippen LogP contribution in [0.5, 0.6) is 5.75 Å². The van der Waals surface area contributed by atoms with Crippen molar-refractivity contribution in [2.24, 2.45) is 0 Å². The van der Waals surface area contributed by atoms with Gasteiger partial charge in [0.2, 0.25) is 5.91 Å². The largest absolute Gasteiger partial charge is 0.497 e. The molecule has 1 aliphatic heterocycles. The molecule has 24 heavy (non-hydrogen) atoms. The van der Waals surface area contributed by atoms with E-state index in [4.69, 9.17) is 4.74 Å². The number of hydrogen-bond acceptors (Lipinski definition) is 5. The summed E-state index contributed by atoms with van der Waals surface area (Å²) in [6, 6.07) is 7.81. The fourth-order valence-electron chi connectivity index (χ4n) is 2.64. The predicted molar refractivity (Wildman–Crippen MR) is 99.9 cm³/mol. The molecule has 1 unspecified atom stereocenters. The lowest BCUT2D eigenvalue weighted by atomic mass is 10.3. The number of hydrogen-bond donors (Lipinski definition) is 1. The van der Waals surface area contributed by atoms with E-state index in [1.54, 1.807) is 18.9 Å². The van der Waals surface area contributed by atoms with Crippen molar-refractivity contribution in [2.45, 2.75) is 23.5 Å². The van der Waals surface area contributed by atoms with Gasteiger partial charge >= 0.3 is 0 Å². The standard InChI is InChI=1S/C18H29N3O2S/c1-15(24-17-7-5-16(23-3)6-8-17)18(22)19-9-4-10-21-13-11-20(2)12-14-21/h5-8,15H,4,9-14H2,1-3H3,(H,19,22). The highest BCUT2D eigenvalue weighted by Gasteiger charge is 2.15. The maximum absolute atomic E-state index is 12.2. The molecule has 5 nitrogen and oxygen atoms in total. The van der Waals surface area contributed by atoms with Gasteiger partial charge in [-0.25, -0.2) is 0 Å². The summed E-state index contributed by atoms with van der Waals surface area (Å²) in [4.78, 5) is 18.1. The number of carbonyl (C=O) groups is 1. The highest BCUT2D eigenvalue weighted by molar-refractivity contribution is 8.00. The van der Waals surface area contributed by atoms with E-state index in [-0.39, 0.29) is 11.2 Å². The number of rotatable bonds is 8. The minimum atomic E-state index is -0.0953. The molecule has 1 fully saturated rings. The third kappa shape index (κ3) is 6.34. The molecule has 1 aromatic carbocycles. The maximum Gasteiger partial charge on any atom is 0.233 e. The smallest absolute Gasteiger partial charge is 0.233 e. The van der Waals surface area contributed by atoms with E-state index in [1.807, 2.05) is 31.2 Å². The number of thioether (sulfide) groups is 1. The molecule has 2 rings (SSSR count). The number of carbonyl (C=O) groups excluding carboxylic acids is 1. The van der Waals surface area contributed by atoms with Crippen LogP contribution in [-0.2, 0) is 4.79 Å². The Balaban J connectivity index is 1.62. The summed E-state index contributed by atoms with van der Waals surface area (Å²) in [5.74, 6) is 0.939. The van der Waals surface area contributed by atoms with Gasteiger partial charge in [-0.15, -0.1) is 11.8 Å². The summed E-state index contributed by atoms with van der Waals surface area (Å²) in [7, 11) is 3.82. The van der Waals surface area contributed by atoms with E-state index < -0.39 is 0 Å². The monoisotopic (exact) mass is 351 g/mol. The van der Waals surface area contributed by atoms with Crippen LogP contribution in [0.3, 0.4) is 0 Å². The molecule has 1 heterocycles. The van der Waals surface area contributed by atoms with Gasteiger partial charge in [-0.2, -0.15) is 0 Å². The van der Waals surface area contributed by atoms with Gasteiger partial charge < -0.3 is 19.9 Å². The number of amides is 1. The fourth-order valence-corrected chi connectivity index (χ4v) is 3.53. The Morgan fingerprint density at radius 3 is 2.54 bits per heavy atom. The SMILES string of the molecule is COc1ccc(SC(C)C(=O)NCCCN2CCN(C)CC2)cc1. The van der Waals surface area contributed by atoms with Crippen molar-refractivity contribution in [1.29, 1.82) is 0 Å². The summed E-state index contributed by atoms with van der Waals surface area (Å²) < 4.78 is 5.15. The molecule has 0 saturated carbocycles. The molecule has 1 aromatic rings. The van der Waals surface area contributed by atoms with Crippen LogP contribution in [0.25, 0.3) is 0 Å². The Morgan fingerprint density at radius 2 is 1.92 bits per heavy atom. The molecule has 0 radical (unpaired) electrons. The highest BCUT2D eigenvalue weighted by atomic mass is 32.2. The van der Waals surface area contributed by atoms with Gasteiger partial charge in [0.05, 0.1) is 12.4 Å². The number of ether oxygens (including phenoxy) is 1. The van der Waals surface area contributed by atoms with E-state index in [0.717, 1.165) is 56.3 Å². The van der Waals surface area contributed by atoms with Crippen LogP contribution in [0.4, 0.5) is 0 Å². The normalized spacial score (nSPS) is 17.5. The molecule has 0 aromatic heterocycles. The van der Waals surface area contributed by atoms with Crippen LogP contribution in [-0.4, -0.2) is 74.4 Å². The van der Waals surface area contributed by atoms with Crippen molar-refractivity contribution >= 4 is 17.7 Å². The molecule has 0 spiro atoms. The van der Waals surface area contributed by atoms with Crippen molar-refractivity contribution < 1.29 is 9.53 Å². The van der Waals surface area contributed by atoms with Gasteiger partial charge in [0.15, 0.2) is 0 Å². The van der Waals surface area contributed by atoms with Crippen molar-refractivity contribution in [1.82, 2.24) is 15.1 Å². The van der Waals surface area contributed by atoms with E-state index in [1.165, 1.54) is 0 Å². The summed E-state index contributed by atoms with van der Waals surface area (Å²) in [5, 5.41) is 2.96. The number of piperazine rings is 1. The second-order valence-electron chi connectivity index (χ2n) is 6.23. The summed E-state index contributed by atoms with van der Waals surface area (Å²) in [6.45, 7) is 8.31. The third-order valence-electron chi connectivity index (χ3n) is 4.29. The van der Waals surface area contributed by atoms with Crippen LogP contribution in [0.1, 0.15) is 13.3 Å². The lowest BCUT2D eigenvalue weighted by molar-refractivity contribution is -0.120. The molecule has 1 atom stereocenters. The summed E-state index contributed by atoms with van der Waals surface area (Å²) in [6.07, 6.45) is 1.01. The van der Waals surface area contributed by atoms with Crippen LogP contribution in [0.15, 0.2) is 29.2 Å². The second kappa shape index (κ2) is 9.91. The van der Waals surface area contributed by atoms with Gasteiger partial charge in [0.1, 0.15) is 5.75 Å². The lowest BCUT2D eigenvalue weighted by Gasteiger charge is -2.32. The van der Waals surface area contributed by atoms with Gasteiger partial charge in [-0.3, -0.25) is 4.79 Å². The van der Waals surface area contributed by atoms with Crippen molar-refractivity contribution in [2.75, 3.05) is 53.4 Å². The first-order chi connectivity index (χ1) is 11.6. The number of nitrogens with zero attached hydrogens (tertiary/aromatic N) is 2. The topological polar surface area (TPSA) is 44.8 Å². The van der Waals surface area contributed by atoms with E-state index in [9.17, 15) is 4.79 Å². The van der Waals surface area contributed by atoms with Crippen molar-refractivity contribution in [3.05, 3.63) is 24.3 Å². The van der Waals surface area contributed by atoms with E-state index in [2.05, 4.69) is 22.2 Å². The molecule has 1 amide bonds. The number of methoxy groups -OCH3 is 1. The predicted octanol–water partition coefficient (Wildman–Crippen LogP) is 1.93. The zero-order chi connectivity index (χ0) is 17.4. The quantitative estimate of drug-likeness (QED) is 0.573. The van der Waals surface area contributed by atoms with Crippen LogP contribution >= 0.6 is 11.8 Å². The fraction of sp³-hybridized carbons (Fsp3) is 0.611. The summed E-state index contributed by atoms with van der Waals surface area (Å²) in [5.41, 5.74) is 0. The Kier molecular flexibility index (Phi) is 7.88. The first kappa shape index (κ1) is 19.1. The molecule has 0 bridgehead atoms. The van der Waals surface area contributed by atoms with Crippen LogP contribution in [0.2, 0.25) is 0 Å². The number of benzene rings is 1. The first-order valence-electron chi connectivity index (χ1n) is 8.58. The first-order valence-corrected chi connectivity index (χ1v) is 9.46. The molecule has 134 valence electrons. The minimum Gasteiger partial charge on any atom is -0.497 e. The molecule has 0 aliphatic carbocycles. The van der Waals surface area contributed by atoms with Crippen molar-refractivity contribution in [3.8, 4) is 5.75 Å². The Morgan fingerprint density at radius 1 is 1.25 bits per heavy atom.